The van der Waals surface area contributed by atoms with Crippen molar-refractivity contribution >= 4 is 34.3 Å². The van der Waals surface area contributed by atoms with E-state index in [1.54, 1.807) is 12.1 Å². The molecule has 0 heterocycles. The summed E-state index contributed by atoms with van der Waals surface area (Å²) in [6, 6.07) is 10.8. The molecular formula is C40H60N6O2. The first kappa shape index (κ1) is 40.3. The van der Waals surface area contributed by atoms with Crippen molar-refractivity contribution in [2.45, 2.75) is 126 Å². The molecule has 0 aliphatic rings. The van der Waals surface area contributed by atoms with E-state index in [0.717, 1.165) is 57.3 Å². The molecule has 2 rings (SSSR count). The first-order valence-electron chi connectivity index (χ1n) is 18.5. The van der Waals surface area contributed by atoms with Gasteiger partial charge >= 0.3 is 0 Å². The van der Waals surface area contributed by atoms with E-state index in [2.05, 4.69) is 72.9 Å². The van der Waals surface area contributed by atoms with Gasteiger partial charge in [-0.05, 0) is 62.6 Å². The van der Waals surface area contributed by atoms with E-state index in [9.17, 15) is 10.1 Å². The highest BCUT2D eigenvalue weighted by atomic mass is 16.5. The fourth-order valence-corrected chi connectivity index (χ4v) is 6.07. The Morgan fingerprint density at radius 3 is 2.00 bits per heavy atom. The molecule has 0 fully saturated rings. The Hall–Kier alpha value is -3.91. The van der Waals surface area contributed by atoms with E-state index in [1.165, 1.54) is 44.6 Å². The van der Waals surface area contributed by atoms with Crippen LogP contribution in [-0.2, 0) is 4.79 Å². The van der Waals surface area contributed by atoms with Gasteiger partial charge in [0, 0.05) is 25.1 Å². The summed E-state index contributed by atoms with van der Waals surface area (Å²) in [6.45, 7) is 24.9. The van der Waals surface area contributed by atoms with Crippen LogP contribution in [0, 0.1) is 35.7 Å². The van der Waals surface area contributed by atoms with Crippen molar-refractivity contribution in [3.05, 3.63) is 47.3 Å². The maximum atomic E-state index is 13.7. The molecule has 0 radical (unpaired) electrons. The van der Waals surface area contributed by atoms with Crippen LogP contribution >= 0.6 is 0 Å². The number of ether oxygens (including phenoxy) is 1. The lowest BCUT2D eigenvalue weighted by Crippen LogP contribution is -2.34. The molecule has 0 saturated carbocycles. The van der Waals surface area contributed by atoms with Crippen LogP contribution in [-0.4, -0.2) is 25.6 Å². The molecule has 8 nitrogen and oxygen atoms in total. The highest BCUT2D eigenvalue weighted by Crippen LogP contribution is 2.41. The summed E-state index contributed by atoms with van der Waals surface area (Å²) in [7, 11) is 0. The van der Waals surface area contributed by atoms with Crippen LogP contribution in [0.15, 0.2) is 40.6 Å². The molecule has 0 aliphatic carbocycles. The van der Waals surface area contributed by atoms with Crippen molar-refractivity contribution in [2.75, 3.05) is 29.9 Å². The molecular weight excluding hydrogens is 596 g/mol. The normalized spacial score (nSPS) is 13.0. The van der Waals surface area contributed by atoms with Gasteiger partial charge in [-0.25, -0.2) is 4.85 Å². The van der Waals surface area contributed by atoms with Gasteiger partial charge in [0.15, 0.2) is 5.69 Å². The van der Waals surface area contributed by atoms with Gasteiger partial charge in [0.25, 0.3) is 0 Å². The van der Waals surface area contributed by atoms with E-state index in [1.807, 2.05) is 19.1 Å². The van der Waals surface area contributed by atoms with E-state index in [0.29, 0.717) is 46.9 Å². The second-order valence-electron chi connectivity index (χ2n) is 12.9. The predicted octanol–water partition coefficient (Wildman–Crippen LogP) is 12.3. The van der Waals surface area contributed by atoms with Gasteiger partial charge in [0.05, 0.1) is 30.1 Å². The fraction of sp³-hybridized carbons (Fsp3) is 0.625. The van der Waals surface area contributed by atoms with Crippen molar-refractivity contribution in [1.29, 1.82) is 5.26 Å². The summed E-state index contributed by atoms with van der Waals surface area (Å²) in [5.41, 5.74) is 3.02. The lowest BCUT2D eigenvalue weighted by Gasteiger charge is -2.34. The number of unbranched alkanes of at least 4 members (excludes halogenated alkanes) is 3. The average molecular weight is 657 g/mol. The van der Waals surface area contributed by atoms with Crippen LogP contribution in [0.5, 0.6) is 5.75 Å². The van der Waals surface area contributed by atoms with E-state index in [4.69, 9.17) is 11.3 Å². The Balaban J connectivity index is 2.77. The zero-order chi connectivity index (χ0) is 35.3. The molecule has 262 valence electrons. The third kappa shape index (κ3) is 12.6. The lowest BCUT2D eigenvalue weighted by molar-refractivity contribution is -0.120. The first-order chi connectivity index (χ1) is 23.3. The van der Waals surface area contributed by atoms with Gasteiger partial charge < -0.3 is 15.0 Å². The zero-order valence-electron chi connectivity index (χ0n) is 30.8. The summed E-state index contributed by atoms with van der Waals surface area (Å²) < 4.78 is 6.32. The SMILES string of the molecule is [C-]#[N+]c1ccc(N=Nc2cc(OCC)c(N(CC(CC)CCCC)CC(CC)CCCC)cc2NC(=O)C(CC)CCCC)c(C#N)c1. The molecule has 0 spiro atoms. The molecule has 3 atom stereocenters. The van der Waals surface area contributed by atoms with Gasteiger partial charge in [0.1, 0.15) is 23.2 Å². The molecule has 0 aromatic heterocycles. The van der Waals surface area contributed by atoms with Gasteiger partial charge in [-0.15, -0.1) is 10.2 Å². The number of carbonyl (C=O) groups is 1. The number of nitrogens with zero attached hydrogens (tertiary/aromatic N) is 5. The zero-order valence-corrected chi connectivity index (χ0v) is 30.8. The summed E-state index contributed by atoms with van der Waals surface area (Å²) >= 11 is 0. The molecule has 0 bridgehead atoms. The van der Waals surface area contributed by atoms with Gasteiger partial charge in [0.2, 0.25) is 5.91 Å². The van der Waals surface area contributed by atoms with Crippen LogP contribution in [0.3, 0.4) is 0 Å². The minimum absolute atomic E-state index is 0.0213. The van der Waals surface area contributed by atoms with Gasteiger partial charge in [-0.1, -0.05) is 99.0 Å². The minimum atomic E-state index is -0.107. The van der Waals surface area contributed by atoms with Gasteiger partial charge in [-0.3, -0.25) is 4.79 Å². The van der Waals surface area contributed by atoms with E-state index in [-0.39, 0.29) is 17.4 Å². The van der Waals surface area contributed by atoms with Gasteiger partial charge in [-0.2, -0.15) is 5.26 Å². The van der Waals surface area contributed by atoms with Crippen LogP contribution in [0.2, 0.25) is 0 Å². The third-order valence-corrected chi connectivity index (χ3v) is 9.28. The molecule has 1 amide bonds. The van der Waals surface area contributed by atoms with Crippen molar-refractivity contribution in [3.8, 4) is 11.8 Å². The Morgan fingerprint density at radius 2 is 1.48 bits per heavy atom. The molecule has 3 unspecified atom stereocenters. The van der Waals surface area contributed by atoms with E-state index < -0.39 is 0 Å². The summed E-state index contributed by atoms with van der Waals surface area (Å²) in [5.74, 6) is 1.67. The van der Waals surface area contributed by atoms with Crippen LogP contribution in [0.1, 0.15) is 131 Å². The quantitative estimate of drug-likeness (QED) is 0.0951. The number of anilines is 2. The summed E-state index contributed by atoms with van der Waals surface area (Å²) in [4.78, 5) is 19.7. The lowest BCUT2D eigenvalue weighted by atomic mass is 9.95. The number of hydrogen-bond acceptors (Lipinski definition) is 6. The Morgan fingerprint density at radius 1 is 0.875 bits per heavy atom. The molecule has 48 heavy (non-hydrogen) atoms. The van der Waals surface area contributed by atoms with Crippen LogP contribution in [0.25, 0.3) is 4.85 Å². The topological polar surface area (TPSA) is 94.4 Å². The van der Waals surface area contributed by atoms with E-state index >= 15 is 0 Å². The minimum Gasteiger partial charge on any atom is -0.492 e. The van der Waals surface area contributed by atoms with Crippen molar-refractivity contribution < 1.29 is 9.53 Å². The number of rotatable bonds is 23. The number of benzene rings is 2. The second kappa shape index (κ2) is 22.6. The number of hydrogen-bond donors (Lipinski definition) is 1. The van der Waals surface area contributed by atoms with Crippen LogP contribution < -0.4 is 15.0 Å². The number of amides is 1. The first-order valence-corrected chi connectivity index (χ1v) is 18.5. The predicted molar refractivity (Wildman–Crippen MR) is 200 cm³/mol. The summed E-state index contributed by atoms with van der Waals surface area (Å²) in [6.07, 6.45) is 12.9. The largest absolute Gasteiger partial charge is 0.492 e. The summed E-state index contributed by atoms with van der Waals surface area (Å²) in [5, 5.41) is 22.0. The van der Waals surface area contributed by atoms with Crippen molar-refractivity contribution in [1.82, 2.24) is 0 Å². The number of carbonyl (C=O) groups excluding carboxylic acids is 1. The third-order valence-electron chi connectivity index (χ3n) is 9.28. The van der Waals surface area contributed by atoms with Crippen LogP contribution in [0.4, 0.5) is 28.4 Å². The number of nitrogens with one attached hydrogen (secondary N) is 1. The molecule has 0 aliphatic heterocycles. The van der Waals surface area contributed by atoms with Crippen molar-refractivity contribution in [3.63, 3.8) is 0 Å². The number of azo groups is 1. The second-order valence-corrected chi connectivity index (χ2v) is 12.9. The van der Waals surface area contributed by atoms with Crippen molar-refractivity contribution in [2.24, 2.45) is 28.0 Å². The Labute approximate surface area is 291 Å². The average Bonchev–Trinajstić information content (AvgIpc) is 3.11. The fourth-order valence-electron chi connectivity index (χ4n) is 6.07. The maximum absolute atomic E-state index is 13.7. The molecule has 1 N–H and O–H groups in total. The molecule has 2 aromatic carbocycles. The molecule has 8 heteroatoms. The number of nitriles is 1. The highest BCUT2D eigenvalue weighted by molar-refractivity contribution is 5.96. The maximum Gasteiger partial charge on any atom is 0.227 e. The molecule has 2 aromatic rings. The Bertz CT molecular complexity index is 1360. The monoisotopic (exact) mass is 656 g/mol. The molecule has 0 saturated heterocycles. The Kier molecular flexibility index (Phi) is 19.0. The highest BCUT2D eigenvalue weighted by Gasteiger charge is 2.24. The standard InChI is InChI=1S/C40H60N6O2/c1-9-16-19-30(12-4)28-46(29-31(13-5)20-17-10-2)38-25-36(43-40(47)32(14-6)21-18-11-3)37(26-39(38)48-15-7)45-44-35-23-22-34(42-8)24-33(35)27-41/h22-26,30-32H,9-21,28-29H2,1-7H3,(H,43,47). The smallest absolute Gasteiger partial charge is 0.227 e.